The first-order valence-corrected chi connectivity index (χ1v) is 6.76. The number of rotatable bonds is 7. The lowest BCUT2D eigenvalue weighted by atomic mass is 10.0. The molecule has 0 aliphatic carbocycles. The van der Waals surface area contributed by atoms with Crippen molar-refractivity contribution >= 4 is 11.3 Å². The smallest absolute Gasteiger partial charge is 0.109 e. The highest BCUT2D eigenvalue weighted by Gasteiger charge is 2.17. The minimum Gasteiger partial charge on any atom is -0.380 e. The van der Waals surface area contributed by atoms with Crippen LogP contribution in [0.1, 0.15) is 38.7 Å². The van der Waals surface area contributed by atoms with E-state index in [4.69, 9.17) is 4.74 Å². The maximum Gasteiger partial charge on any atom is 0.109 e. The number of hydrogen-bond acceptors (Lipinski definition) is 4. The molecule has 16 heavy (non-hydrogen) atoms. The second kappa shape index (κ2) is 6.99. The normalized spacial score (nSPS) is 15.3. The Morgan fingerprint density at radius 1 is 1.44 bits per heavy atom. The number of thiazole rings is 1. The Labute approximate surface area is 102 Å². The molecule has 0 aromatic carbocycles. The maximum absolute atomic E-state index is 5.50. The van der Waals surface area contributed by atoms with Gasteiger partial charge >= 0.3 is 0 Å². The second-order valence-electron chi connectivity index (χ2n) is 4.27. The van der Waals surface area contributed by atoms with Crippen LogP contribution in [0.2, 0.25) is 0 Å². The van der Waals surface area contributed by atoms with Gasteiger partial charge in [0.2, 0.25) is 0 Å². The van der Waals surface area contributed by atoms with Gasteiger partial charge in [0, 0.05) is 24.2 Å². The molecule has 0 fully saturated rings. The molecule has 0 saturated heterocycles. The highest BCUT2D eigenvalue weighted by atomic mass is 32.1. The highest BCUT2D eigenvalue weighted by molar-refractivity contribution is 7.09. The average molecular weight is 242 g/mol. The molecule has 3 nitrogen and oxygen atoms in total. The minimum absolute atomic E-state index is 0.299. The number of aromatic nitrogens is 1. The van der Waals surface area contributed by atoms with E-state index in [1.165, 1.54) is 0 Å². The van der Waals surface area contributed by atoms with Crippen molar-refractivity contribution in [2.75, 3.05) is 13.2 Å². The molecule has 1 aromatic rings. The topological polar surface area (TPSA) is 34.1 Å². The SMILES string of the molecule is CCOCC(NC(C)c1nccs1)C(C)C. The second-order valence-corrected chi connectivity index (χ2v) is 5.19. The van der Waals surface area contributed by atoms with E-state index in [1.807, 2.05) is 18.5 Å². The molecule has 1 aromatic heterocycles. The fourth-order valence-electron chi connectivity index (χ4n) is 1.52. The van der Waals surface area contributed by atoms with E-state index in [-0.39, 0.29) is 0 Å². The van der Waals surface area contributed by atoms with Gasteiger partial charge in [-0.25, -0.2) is 4.98 Å². The first-order valence-electron chi connectivity index (χ1n) is 5.88. The van der Waals surface area contributed by atoms with Crippen LogP contribution in [0, 0.1) is 5.92 Å². The number of ether oxygens (including phenoxy) is 1. The number of nitrogens with one attached hydrogen (secondary N) is 1. The summed E-state index contributed by atoms with van der Waals surface area (Å²) in [5, 5.41) is 6.73. The van der Waals surface area contributed by atoms with Crippen LogP contribution in [-0.2, 0) is 4.74 Å². The lowest BCUT2D eigenvalue weighted by molar-refractivity contribution is 0.104. The number of nitrogens with zero attached hydrogens (tertiary/aromatic N) is 1. The Balaban J connectivity index is 2.47. The van der Waals surface area contributed by atoms with Crippen LogP contribution in [0.15, 0.2) is 11.6 Å². The summed E-state index contributed by atoms with van der Waals surface area (Å²) in [6, 6.07) is 0.687. The highest BCUT2D eigenvalue weighted by Crippen LogP contribution is 2.17. The lowest BCUT2D eigenvalue weighted by Gasteiger charge is -2.25. The molecule has 0 aliphatic heterocycles. The zero-order valence-electron chi connectivity index (χ0n) is 10.6. The first kappa shape index (κ1) is 13.6. The monoisotopic (exact) mass is 242 g/mol. The Bertz CT molecular complexity index is 275. The van der Waals surface area contributed by atoms with Gasteiger partial charge < -0.3 is 10.1 Å². The van der Waals surface area contributed by atoms with Gasteiger partial charge in [-0.1, -0.05) is 13.8 Å². The third-order valence-corrected chi connectivity index (χ3v) is 3.55. The van der Waals surface area contributed by atoms with Crippen LogP contribution < -0.4 is 5.32 Å². The molecule has 0 radical (unpaired) electrons. The third-order valence-electron chi connectivity index (χ3n) is 2.59. The van der Waals surface area contributed by atoms with Gasteiger partial charge in [0.25, 0.3) is 0 Å². The summed E-state index contributed by atoms with van der Waals surface area (Å²) in [5.74, 6) is 0.564. The van der Waals surface area contributed by atoms with Crippen LogP contribution in [0.25, 0.3) is 0 Å². The van der Waals surface area contributed by atoms with Crippen LogP contribution in [-0.4, -0.2) is 24.2 Å². The molecule has 4 heteroatoms. The van der Waals surface area contributed by atoms with Crippen molar-refractivity contribution in [3.63, 3.8) is 0 Å². The summed E-state index contributed by atoms with van der Waals surface area (Å²) in [5.41, 5.74) is 0. The van der Waals surface area contributed by atoms with E-state index in [0.717, 1.165) is 18.2 Å². The summed E-state index contributed by atoms with van der Waals surface area (Å²) in [6.07, 6.45) is 1.85. The summed E-state index contributed by atoms with van der Waals surface area (Å²) in [7, 11) is 0. The third kappa shape index (κ3) is 4.20. The Morgan fingerprint density at radius 2 is 2.19 bits per heavy atom. The molecule has 0 bridgehead atoms. The fraction of sp³-hybridized carbons (Fsp3) is 0.750. The summed E-state index contributed by atoms with van der Waals surface area (Å²) in [4.78, 5) is 4.32. The molecule has 2 unspecified atom stereocenters. The fourth-order valence-corrected chi connectivity index (χ4v) is 2.17. The van der Waals surface area contributed by atoms with Crippen LogP contribution in [0.3, 0.4) is 0 Å². The Morgan fingerprint density at radius 3 is 2.69 bits per heavy atom. The molecule has 0 aliphatic rings. The maximum atomic E-state index is 5.50. The van der Waals surface area contributed by atoms with Crippen LogP contribution in [0.4, 0.5) is 0 Å². The van der Waals surface area contributed by atoms with Crippen molar-refractivity contribution in [3.8, 4) is 0 Å². The van der Waals surface area contributed by atoms with E-state index >= 15 is 0 Å². The zero-order chi connectivity index (χ0) is 12.0. The molecule has 2 atom stereocenters. The molecule has 0 amide bonds. The van der Waals surface area contributed by atoms with E-state index in [0.29, 0.717) is 18.0 Å². The van der Waals surface area contributed by atoms with E-state index < -0.39 is 0 Å². The summed E-state index contributed by atoms with van der Waals surface area (Å²) >= 11 is 1.69. The standard InChI is InChI=1S/C12H22N2OS/c1-5-15-8-11(9(2)3)14-10(4)12-13-6-7-16-12/h6-7,9-11,14H,5,8H2,1-4H3. The molecule has 0 saturated carbocycles. The molecule has 0 spiro atoms. The molecule has 1 heterocycles. The molecule has 1 rings (SSSR count). The van der Waals surface area contributed by atoms with E-state index in [9.17, 15) is 0 Å². The summed E-state index contributed by atoms with van der Waals surface area (Å²) < 4.78 is 5.50. The van der Waals surface area contributed by atoms with Gasteiger partial charge in [0.05, 0.1) is 12.6 Å². The predicted octanol–water partition coefficient (Wildman–Crippen LogP) is 2.85. The zero-order valence-corrected chi connectivity index (χ0v) is 11.4. The quantitative estimate of drug-likeness (QED) is 0.798. The molecular formula is C12H22N2OS. The largest absolute Gasteiger partial charge is 0.380 e. The van der Waals surface area contributed by atoms with Gasteiger partial charge in [-0.15, -0.1) is 11.3 Å². The lowest BCUT2D eigenvalue weighted by Crippen LogP contribution is -2.39. The van der Waals surface area contributed by atoms with Crippen molar-refractivity contribution in [1.82, 2.24) is 10.3 Å². The molecular weight excluding hydrogens is 220 g/mol. The van der Waals surface area contributed by atoms with Gasteiger partial charge in [-0.05, 0) is 19.8 Å². The van der Waals surface area contributed by atoms with Crippen molar-refractivity contribution in [2.45, 2.75) is 39.8 Å². The molecule has 92 valence electrons. The van der Waals surface area contributed by atoms with Crippen molar-refractivity contribution in [1.29, 1.82) is 0 Å². The Hall–Kier alpha value is -0.450. The predicted molar refractivity (Wildman–Crippen MR) is 68.8 cm³/mol. The summed E-state index contributed by atoms with van der Waals surface area (Å²) in [6.45, 7) is 10.2. The average Bonchev–Trinajstić information content (AvgIpc) is 2.76. The van der Waals surface area contributed by atoms with Crippen LogP contribution in [0.5, 0.6) is 0 Å². The van der Waals surface area contributed by atoms with Crippen molar-refractivity contribution in [3.05, 3.63) is 16.6 Å². The van der Waals surface area contributed by atoms with Gasteiger partial charge in [0.1, 0.15) is 5.01 Å². The van der Waals surface area contributed by atoms with Crippen LogP contribution >= 0.6 is 11.3 Å². The minimum atomic E-state index is 0.299. The van der Waals surface area contributed by atoms with E-state index in [1.54, 1.807) is 11.3 Å². The molecule has 1 N–H and O–H groups in total. The Kier molecular flexibility index (Phi) is 5.95. The first-order chi connectivity index (χ1) is 7.65. The van der Waals surface area contributed by atoms with Crippen molar-refractivity contribution < 1.29 is 4.74 Å². The van der Waals surface area contributed by atoms with Gasteiger partial charge in [0.15, 0.2) is 0 Å². The van der Waals surface area contributed by atoms with Crippen molar-refractivity contribution in [2.24, 2.45) is 5.92 Å². The number of hydrogen-bond donors (Lipinski definition) is 1. The van der Waals surface area contributed by atoms with Gasteiger partial charge in [-0.3, -0.25) is 0 Å². The van der Waals surface area contributed by atoms with E-state index in [2.05, 4.69) is 31.1 Å². The van der Waals surface area contributed by atoms with Gasteiger partial charge in [-0.2, -0.15) is 0 Å².